The van der Waals surface area contributed by atoms with Gasteiger partial charge in [-0.15, -0.1) is 0 Å². The van der Waals surface area contributed by atoms with Crippen LogP contribution in [0.25, 0.3) is 0 Å². The van der Waals surface area contributed by atoms with Crippen LogP contribution in [0.5, 0.6) is 5.75 Å². The summed E-state index contributed by atoms with van der Waals surface area (Å²) in [4.78, 5) is 16.9. The summed E-state index contributed by atoms with van der Waals surface area (Å²) in [5.74, 6) is 4.19. The number of benzene rings is 1. The molecule has 158 valence electrons. The van der Waals surface area contributed by atoms with Gasteiger partial charge in [0.25, 0.3) is 5.91 Å². The molecule has 1 aromatic heterocycles. The highest BCUT2D eigenvalue weighted by molar-refractivity contribution is 5.91. The molecule has 30 heavy (non-hydrogen) atoms. The number of hydrogen-bond donors (Lipinski definition) is 2. The van der Waals surface area contributed by atoms with Gasteiger partial charge in [0.15, 0.2) is 6.61 Å². The maximum atomic E-state index is 12.3. The van der Waals surface area contributed by atoms with Crippen LogP contribution in [-0.4, -0.2) is 23.0 Å². The van der Waals surface area contributed by atoms with Crippen molar-refractivity contribution in [2.75, 3.05) is 17.2 Å². The van der Waals surface area contributed by atoms with Gasteiger partial charge in [-0.05, 0) is 99.5 Å². The van der Waals surface area contributed by atoms with Crippen molar-refractivity contribution in [2.45, 2.75) is 57.9 Å². The molecule has 1 heterocycles. The molecule has 5 nitrogen and oxygen atoms in total. The molecule has 0 radical (unpaired) electrons. The molecule has 6 rings (SSSR count). The van der Waals surface area contributed by atoms with Crippen LogP contribution in [0.4, 0.5) is 11.5 Å². The number of aryl methyl sites for hydroxylation is 2. The predicted octanol–water partition coefficient (Wildman–Crippen LogP) is 5.10. The van der Waals surface area contributed by atoms with Crippen LogP contribution in [0.3, 0.4) is 0 Å². The second-order valence-corrected chi connectivity index (χ2v) is 9.86. The number of hydrogen-bond acceptors (Lipinski definition) is 4. The molecule has 0 saturated heterocycles. The first-order valence-corrected chi connectivity index (χ1v) is 11.2. The molecule has 5 heteroatoms. The Kier molecular flexibility index (Phi) is 4.92. The van der Waals surface area contributed by atoms with E-state index < -0.39 is 0 Å². The highest BCUT2D eigenvalue weighted by Crippen LogP contribution is 2.56. The molecule has 4 bridgehead atoms. The second kappa shape index (κ2) is 7.60. The number of nitrogens with one attached hydrogen (secondary N) is 2. The van der Waals surface area contributed by atoms with Gasteiger partial charge in [0.05, 0.1) is 11.9 Å². The van der Waals surface area contributed by atoms with Crippen molar-refractivity contribution in [3.63, 3.8) is 0 Å². The number of carbonyl (C=O) groups is 1. The molecule has 4 saturated carbocycles. The monoisotopic (exact) mass is 405 g/mol. The standard InChI is InChI=1S/C25H31N3O2/c1-16-3-4-17(2)22(7-16)30-15-24(29)27-21-5-6-23(26-14-21)28-25-11-18-8-19(12-25)10-20(9-18)13-25/h3-7,14,18-20H,8-13,15H2,1-2H3,(H,26,28)(H,27,29). The lowest BCUT2D eigenvalue weighted by Crippen LogP contribution is -2.54. The van der Waals surface area contributed by atoms with E-state index in [2.05, 4.69) is 15.6 Å². The Balaban J connectivity index is 1.16. The molecule has 4 fully saturated rings. The number of carbonyl (C=O) groups excluding carboxylic acids is 1. The fraction of sp³-hybridized carbons (Fsp3) is 0.520. The van der Waals surface area contributed by atoms with Gasteiger partial charge < -0.3 is 15.4 Å². The molecule has 0 atom stereocenters. The zero-order chi connectivity index (χ0) is 20.7. The molecule has 2 aromatic rings. The van der Waals surface area contributed by atoms with E-state index in [1.807, 2.05) is 44.2 Å². The number of rotatable bonds is 6. The van der Waals surface area contributed by atoms with E-state index in [4.69, 9.17) is 4.74 Å². The highest BCUT2D eigenvalue weighted by atomic mass is 16.5. The Morgan fingerprint density at radius 2 is 1.77 bits per heavy atom. The van der Waals surface area contributed by atoms with Crippen molar-refractivity contribution >= 4 is 17.4 Å². The van der Waals surface area contributed by atoms with Crippen molar-refractivity contribution in [1.82, 2.24) is 4.98 Å². The third-order valence-electron chi connectivity index (χ3n) is 7.18. The largest absolute Gasteiger partial charge is 0.483 e. The highest BCUT2D eigenvalue weighted by Gasteiger charge is 2.51. The minimum absolute atomic E-state index is 0.0163. The van der Waals surface area contributed by atoms with Crippen LogP contribution in [-0.2, 0) is 4.79 Å². The average Bonchev–Trinajstić information content (AvgIpc) is 2.69. The van der Waals surface area contributed by atoms with Crippen LogP contribution < -0.4 is 15.4 Å². The average molecular weight is 406 g/mol. The smallest absolute Gasteiger partial charge is 0.262 e. The van der Waals surface area contributed by atoms with Gasteiger partial charge in [-0.25, -0.2) is 4.98 Å². The minimum atomic E-state index is -0.181. The van der Waals surface area contributed by atoms with Crippen molar-refractivity contribution < 1.29 is 9.53 Å². The topological polar surface area (TPSA) is 63.2 Å². The summed E-state index contributed by atoms with van der Waals surface area (Å²) in [6.07, 6.45) is 9.90. The Bertz CT molecular complexity index is 903. The number of anilines is 2. The molecule has 1 aromatic carbocycles. The van der Waals surface area contributed by atoms with E-state index in [1.54, 1.807) is 6.20 Å². The van der Waals surface area contributed by atoms with E-state index in [9.17, 15) is 4.79 Å². The Hall–Kier alpha value is -2.56. The molecular weight excluding hydrogens is 374 g/mol. The van der Waals surface area contributed by atoms with Crippen molar-refractivity contribution in [3.05, 3.63) is 47.7 Å². The van der Waals surface area contributed by atoms with E-state index in [0.717, 1.165) is 40.4 Å². The number of pyridine rings is 1. The molecular formula is C25H31N3O2. The number of amides is 1. The van der Waals surface area contributed by atoms with E-state index in [-0.39, 0.29) is 18.1 Å². The maximum absolute atomic E-state index is 12.3. The van der Waals surface area contributed by atoms with Gasteiger partial charge in [-0.1, -0.05) is 12.1 Å². The Labute approximate surface area is 178 Å². The summed E-state index contributed by atoms with van der Waals surface area (Å²) in [5, 5.41) is 6.66. The first-order valence-electron chi connectivity index (χ1n) is 11.2. The molecule has 0 spiro atoms. The fourth-order valence-corrected chi connectivity index (χ4v) is 6.28. The summed E-state index contributed by atoms with van der Waals surface area (Å²) in [6, 6.07) is 9.90. The van der Waals surface area contributed by atoms with Gasteiger partial charge in [-0.3, -0.25) is 4.79 Å². The quantitative estimate of drug-likeness (QED) is 0.702. The lowest BCUT2D eigenvalue weighted by molar-refractivity contribution is -0.118. The summed E-state index contributed by atoms with van der Waals surface area (Å²) in [5.41, 5.74) is 3.07. The molecule has 0 aliphatic heterocycles. The van der Waals surface area contributed by atoms with Gasteiger partial charge >= 0.3 is 0 Å². The van der Waals surface area contributed by atoms with Gasteiger partial charge in [0, 0.05) is 5.54 Å². The van der Waals surface area contributed by atoms with Crippen molar-refractivity contribution in [2.24, 2.45) is 17.8 Å². The SMILES string of the molecule is Cc1ccc(C)c(OCC(=O)Nc2ccc(NC34CC5CC(CC(C5)C3)C4)nc2)c1. The summed E-state index contributed by atoms with van der Waals surface area (Å²) in [7, 11) is 0. The van der Waals surface area contributed by atoms with Crippen molar-refractivity contribution in [1.29, 1.82) is 0 Å². The molecule has 1 amide bonds. The zero-order valence-corrected chi connectivity index (χ0v) is 17.9. The van der Waals surface area contributed by atoms with Crippen LogP contribution >= 0.6 is 0 Å². The molecule has 4 aliphatic carbocycles. The maximum Gasteiger partial charge on any atom is 0.262 e. The lowest BCUT2D eigenvalue weighted by atomic mass is 9.53. The van der Waals surface area contributed by atoms with Crippen LogP contribution in [0.1, 0.15) is 49.7 Å². The molecule has 4 aliphatic rings. The van der Waals surface area contributed by atoms with Crippen LogP contribution in [0.2, 0.25) is 0 Å². The van der Waals surface area contributed by atoms with Crippen LogP contribution in [0, 0.1) is 31.6 Å². The predicted molar refractivity (Wildman–Crippen MR) is 119 cm³/mol. The number of nitrogens with zero attached hydrogens (tertiary/aromatic N) is 1. The normalized spacial score (nSPS) is 28.9. The lowest BCUT2D eigenvalue weighted by Gasteiger charge is -2.57. The van der Waals surface area contributed by atoms with Gasteiger partial charge in [-0.2, -0.15) is 0 Å². The van der Waals surface area contributed by atoms with E-state index in [1.165, 1.54) is 38.5 Å². The molecule has 2 N–H and O–H groups in total. The first-order chi connectivity index (χ1) is 14.5. The Morgan fingerprint density at radius 3 is 2.40 bits per heavy atom. The zero-order valence-electron chi connectivity index (χ0n) is 17.9. The van der Waals surface area contributed by atoms with Crippen LogP contribution in [0.15, 0.2) is 36.5 Å². The summed E-state index contributed by atoms with van der Waals surface area (Å²) in [6.45, 7) is 3.97. The Morgan fingerprint density at radius 1 is 1.07 bits per heavy atom. The van der Waals surface area contributed by atoms with E-state index >= 15 is 0 Å². The summed E-state index contributed by atoms with van der Waals surface area (Å²) >= 11 is 0. The van der Waals surface area contributed by atoms with E-state index in [0.29, 0.717) is 5.69 Å². The second-order valence-electron chi connectivity index (χ2n) is 9.86. The fourth-order valence-electron chi connectivity index (χ4n) is 6.28. The summed E-state index contributed by atoms with van der Waals surface area (Å²) < 4.78 is 5.69. The van der Waals surface area contributed by atoms with Crippen molar-refractivity contribution in [3.8, 4) is 5.75 Å². The number of aromatic nitrogens is 1. The third kappa shape index (κ3) is 4.03. The van der Waals surface area contributed by atoms with Gasteiger partial charge in [0.2, 0.25) is 0 Å². The number of ether oxygens (including phenoxy) is 1. The first kappa shape index (κ1) is 19.4. The minimum Gasteiger partial charge on any atom is -0.483 e. The van der Waals surface area contributed by atoms with Gasteiger partial charge in [0.1, 0.15) is 11.6 Å². The third-order valence-corrected chi connectivity index (χ3v) is 7.18. The molecule has 0 unspecified atom stereocenters.